The Morgan fingerprint density at radius 1 is 1.07 bits per heavy atom. The molecule has 2 amide bonds. The summed E-state index contributed by atoms with van der Waals surface area (Å²) in [6, 6.07) is 12.4. The highest BCUT2D eigenvalue weighted by molar-refractivity contribution is 5.83. The Labute approximate surface area is 162 Å². The zero-order valence-electron chi connectivity index (χ0n) is 15.3. The van der Waals surface area contributed by atoms with E-state index in [1.807, 2.05) is 6.07 Å². The summed E-state index contributed by atoms with van der Waals surface area (Å²) in [5.41, 5.74) is 5.73. The van der Waals surface area contributed by atoms with Crippen molar-refractivity contribution in [2.24, 2.45) is 0 Å². The van der Waals surface area contributed by atoms with Crippen molar-refractivity contribution in [1.82, 2.24) is 10.9 Å². The quantitative estimate of drug-likeness (QED) is 0.536. The number of amides is 2. The molecule has 2 aromatic rings. The molecule has 0 saturated carbocycles. The van der Waals surface area contributed by atoms with E-state index in [4.69, 9.17) is 14.7 Å². The lowest BCUT2D eigenvalue weighted by molar-refractivity contribution is -0.128. The van der Waals surface area contributed by atoms with Crippen LogP contribution in [0, 0.1) is 17.1 Å². The average Bonchev–Trinajstić information content (AvgIpc) is 2.71. The third-order valence-electron chi connectivity index (χ3n) is 3.72. The van der Waals surface area contributed by atoms with Crippen LogP contribution in [0.3, 0.4) is 0 Å². The van der Waals surface area contributed by atoms with Crippen LogP contribution in [-0.4, -0.2) is 25.5 Å². The van der Waals surface area contributed by atoms with Gasteiger partial charge in [-0.3, -0.25) is 20.4 Å². The Hall–Kier alpha value is -3.60. The molecule has 0 aromatic heterocycles. The summed E-state index contributed by atoms with van der Waals surface area (Å²) in [5.74, 6) is -0.217. The fourth-order valence-electron chi connectivity index (χ4n) is 2.30. The zero-order valence-corrected chi connectivity index (χ0v) is 15.3. The molecule has 7 nitrogen and oxygen atoms in total. The first-order valence-corrected chi connectivity index (χ1v) is 8.55. The molecule has 28 heavy (non-hydrogen) atoms. The maximum Gasteiger partial charge on any atom is 0.242 e. The van der Waals surface area contributed by atoms with E-state index < -0.39 is 5.91 Å². The minimum Gasteiger partial charge on any atom is -0.493 e. The van der Waals surface area contributed by atoms with Crippen LogP contribution in [-0.2, 0) is 16.0 Å². The lowest BCUT2D eigenvalue weighted by atomic mass is 10.1. The smallest absolute Gasteiger partial charge is 0.242 e. The highest BCUT2D eigenvalue weighted by Crippen LogP contribution is 2.27. The van der Waals surface area contributed by atoms with Gasteiger partial charge in [-0.2, -0.15) is 5.26 Å². The zero-order chi connectivity index (χ0) is 20.4. The van der Waals surface area contributed by atoms with Gasteiger partial charge in [-0.15, -0.1) is 0 Å². The Morgan fingerprint density at radius 3 is 2.46 bits per heavy atom. The fraction of sp³-hybridized carbons (Fsp3) is 0.250. The first-order valence-electron chi connectivity index (χ1n) is 8.55. The monoisotopic (exact) mass is 385 g/mol. The van der Waals surface area contributed by atoms with E-state index in [2.05, 4.69) is 10.9 Å². The number of carbonyl (C=O) groups excluding carboxylic acids is 2. The van der Waals surface area contributed by atoms with Crippen molar-refractivity contribution in [2.75, 3.05) is 13.7 Å². The number of hydrogen-bond donors (Lipinski definition) is 2. The van der Waals surface area contributed by atoms with Gasteiger partial charge in [0.1, 0.15) is 5.82 Å². The number of halogens is 1. The molecule has 0 heterocycles. The maximum atomic E-state index is 12.8. The van der Waals surface area contributed by atoms with Gasteiger partial charge in [0.15, 0.2) is 11.5 Å². The molecule has 0 unspecified atom stereocenters. The predicted molar refractivity (Wildman–Crippen MR) is 98.8 cm³/mol. The standard InChI is InChI=1S/C20H20FN3O4/c1-27-18-11-15(13-22)6-9-17(18)28-10-2-3-19(25)23-24-20(26)12-14-4-7-16(21)8-5-14/h4-9,11H,2-3,10,12H2,1H3,(H,23,25)(H,24,26). The Balaban J connectivity index is 1.67. The van der Waals surface area contributed by atoms with Crippen molar-refractivity contribution >= 4 is 11.8 Å². The molecular formula is C20H20FN3O4. The minimum atomic E-state index is -0.404. The Kier molecular flexibility index (Phi) is 7.78. The number of nitrogens with zero attached hydrogens (tertiary/aromatic N) is 1. The van der Waals surface area contributed by atoms with Crippen molar-refractivity contribution in [3.63, 3.8) is 0 Å². The van der Waals surface area contributed by atoms with Gasteiger partial charge in [-0.1, -0.05) is 12.1 Å². The van der Waals surface area contributed by atoms with Crippen LogP contribution in [0.4, 0.5) is 4.39 Å². The first-order chi connectivity index (χ1) is 13.5. The van der Waals surface area contributed by atoms with Gasteiger partial charge in [0.2, 0.25) is 11.8 Å². The van der Waals surface area contributed by atoms with Crippen molar-refractivity contribution in [2.45, 2.75) is 19.3 Å². The molecule has 8 heteroatoms. The first kappa shape index (κ1) is 20.7. The van der Waals surface area contributed by atoms with Gasteiger partial charge >= 0.3 is 0 Å². The number of nitriles is 1. The number of nitrogens with one attached hydrogen (secondary N) is 2. The van der Waals surface area contributed by atoms with E-state index in [0.717, 1.165) is 0 Å². The van der Waals surface area contributed by atoms with E-state index in [0.29, 0.717) is 29.0 Å². The van der Waals surface area contributed by atoms with Crippen molar-refractivity contribution < 1.29 is 23.5 Å². The number of ether oxygens (including phenoxy) is 2. The van der Waals surface area contributed by atoms with Crippen LogP contribution in [0.1, 0.15) is 24.0 Å². The largest absolute Gasteiger partial charge is 0.493 e. The maximum absolute atomic E-state index is 12.8. The predicted octanol–water partition coefficient (Wildman–Crippen LogP) is 2.26. The van der Waals surface area contributed by atoms with E-state index in [-0.39, 0.29) is 31.2 Å². The molecule has 2 aromatic carbocycles. The summed E-state index contributed by atoms with van der Waals surface area (Å²) in [4.78, 5) is 23.5. The second kappa shape index (κ2) is 10.5. The number of rotatable bonds is 8. The van der Waals surface area contributed by atoms with Crippen LogP contribution >= 0.6 is 0 Å². The van der Waals surface area contributed by atoms with Crippen LogP contribution in [0.15, 0.2) is 42.5 Å². The van der Waals surface area contributed by atoms with Crippen molar-refractivity contribution in [3.8, 4) is 17.6 Å². The lowest BCUT2D eigenvalue weighted by Crippen LogP contribution is -2.42. The van der Waals surface area contributed by atoms with Crippen LogP contribution in [0.2, 0.25) is 0 Å². The molecule has 0 aliphatic carbocycles. The SMILES string of the molecule is COc1cc(C#N)ccc1OCCCC(=O)NNC(=O)Cc1ccc(F)cc1. The third-order valence-corrected chi connectivity index (χ3v) is 3.72. The molecule has 0 saturated heterocycles. The topological polar surface area (TPSA) is 100 Å². The van der Waals surface area contributed by atoms with Gasteiger partial charge in [-0.25, -0.2) is 4.39 Å². The summed E-state index contributed by atoms with van der Waals surface area (Å²) < 4.78 is 23.5. The summed E-state index contributed by atoms with van der Waals surface area (Å²) >= 11 is 0. The van der Waals surface area contributed by atoms with Crippen molar-refractivity contribution in [1.29, 1.82) is 5.26 Å². The summed E-state index contributed by atoms with van der Waals surface area (Å²) in [6.45, 7) is 0.263. The highest BCUT2D eigenvalue weighted by Gasteiger charge is 2.08. The van der Waals surface area contributed by atoms with Gasteiger partial charge in [0, 0.05) is 12.5 Å². The molecule has 2 N–H and O–H groups in total. The van der Waals surface area contributed by atoms with Crippen LogP contribution in [0.25, 0.3) is 0 Å². The van der Waals surface area contributed by atoms with Crippen LogP contribution < -0.4 is 20.3 Å². The van der Waals surface area contributed by atoms with Gasteiger partial charge in [0.05, 0.1) is 31.8 Å². The number of carbonyl (C=O) groups is 2. The van der Waals surface area contributed by atoms with Gasteiger partial charge < -0.3 is 9.47 Å². The molecule has 146 valence electrons. The lowest BCUT2D eigenvalue weighted by Gasteiger charge is -2.11. The molecule has 0 bridgehead atoms. The highest BCUT2D eigenvalue weighted by atomic mass is 19.1. The summed E-state index contributed by atoms with van der Waals surface area (Å²) in [7, 11) is 1.48. The second-order valence-corrected chi connectivity index (χ2v) is 5.83. The van der Waals surface area contributed by atoms with Crippen LogP contribution in [0.5, 0.6) is 11.5 Å². The Bertz CT molecular complexity index is 863. The summed E-state index contributed by atoms with van der Waals surface area (Å²) in [5, 5.41) is 8.87. The number of methoxy groups -OCH3 is 1. The fourth-order valence-corrected chi connectivity index (χ4v) is 2.30. The summed E-state index contributed by atoms with van der Waals surface area (Å²) in [6.07, 6.45) is 0.598. The molecule has 0 fully saturated rings. The molecule has 0 spiro atoms. The average molecular weight is 385 g/mol. The minimum absolute atomic E-state index is 0.0299. The molecule has 0 aliphatic rings. The van der Waals surface area contributed by atoms with E-state index in [1.165, 1.54) is 31.4 Å². The molecule has 2 rings (SSSR count). The number of hydrazine groups is 1. The normalized spacial score (nSPS) is 9.89. The molecule has 0 radical (unpaired) electrons. The van der Waals surface area contributed by atoms with E-state index >= 15 is 0 Å². The number of benzene rings is 2. The third kappa shape index (κ3) is 6.61. The van der Waals surface area contributed by atoms with E-state index in [9.17, 15) is 14.0 Å². The molecule has 0 atom stereocenters. The molecule has 0 aliphatic heterocycles. The Morgan fingerprint density at radius 2 is 1.79 bits per heavy atom. The van der Waals surface area contributed by atoms with Gasteiger partial charge in [-0.05, 0) is 36.2 Å². The van der Waals surface area contributed by atoms with Crippen molar-refractivity contribution in [3.05, 3.63) is 59.4 Å². The second-order valence-electron chi connectivity index (χ2n) is 5.83. The van der Waals surface area contributed by atoms with E-state index in [1.54, 1.807) is 18.2 Å². The molecular weight excluding hydrogens is 365 g/mol. The van der Waals surface area contributed by atoms with Gasteiger partial charge in [0.25, 0.3) is 0 Å². The number of hydrogen-bond acceptors (Lipinski definition) is 5.